The van der Waals surface area contributed by atoms with Gasteiger partial charge in [0.15, 0.2) is 0 Å². The predicted octanol–water partition coefficient (Wildman–Crippen LogP) is 3.45. The Kier molecular flexibility index (Phi) is 4.32. The summed E-state index contributed by atoms with van der Waals surface area (Å²) in [6.45, 7) is 2.17. The maximum absolute atomic E-state index is 10.7. The molecule has 2 aromatic carbocycles. The average Bonchev–Trinajstić information content (AvgIpc) is 2.46. The van der Waals surface area contributed by atoms with E-state index in [9.17, 15) is 10.1 Å². The van der Waals surface area contributed by atoms with E-state index in [-0.39, 0.29) is 18.4 Å². The molecule has 0 aliphatic heterocycles. The van der Waals surface area contributed by atoms with Gasteiger partial charge in [0.2, 0.25) is 0 Å². The lowest BCUT2D eigenvalue weighted by atomic mass is 10.1. The van der Waals surface area contributed by atoms with Crippen molar-refractivity contribution in [2.45, 2.75) is 19.6 Å². The minimum absolute atomic E-state index is 0.0187. The lowest BCUT2D eigenvalue weighted by Crippen LogP contribution is -2.03. The number of ether oxygens (including phenoxy) is 1. The molecule has 0 saturated carbocycles. The van der Waals surface area contributed by atoms with Gasteiger partial charge in [-0.3, -0.25) is 10.1 Å². The summed E-state index contributed by atoms with van der Waals surface area (Å²) in [5, 5.41) is 10.7. The first-order valence-corrected chi connectivity index (χ1v) is 6.27. The Bertz CT molecular complexity index is 599. The van der Waals surface area contributed by atoms with Gasteiger partial charge in [0.05, 0.1) is 17.6 Å². The van der Waals surface area contributed by atoms with Crippen LogP contribution in [0.1, 0.15) is 24.2 Å². The van der Waals surface area contributed by atoms with Gasteiger partial charge in [-0.15, -0.1) is 0 Å². The third kappa shape index (κ3) is 3.33. The van der Waals surface area contributed by atoms with Crippen LogP contribution in [0.25, 0.3) is 0 Å². The number of benzene rings is 2. The minimum atomic E-state index is -0.441. The summed E-state index contributed by atoms with van der Waals surface area (Å²) in [6.07, 6.45) is -0.102. The van der Waals surface area contributed by atoms with Crippen LogP contribution in [0.15, 0.2) is 48.5 Å². The molecule has 0 aromatic heterocycles. The molecule has 0 heterocycles. The van der Waals surface area contributed by atoms with Crippen LogP contribution in [0.5, 0.6) is 0 Å². The molecule has 2 rings (SSSR count). The number of nitro groups is 1. The highest BCUT2D eigenvalue weighted by molar-refractivity contribution is 5.52. The third-order valence-corrected chi connectivity index (χ3v) is 3.10. The molecule has 5 nitrogen and oxygen atoms in total. The number of anilines is 1. The lowest BCUT2D eigenvalue weighted by molar-refractivity contribution is -0.384. The normalized spacial score (nSPS) is 12.1. The molecule has 104 valence electrons. The first kappa shape index (κ1) is 14.0. The lowest BCUT2D eigenvalue weighted by Gasteiger charge is -2.14. The second-order valence-electron chi connectivity index (χ2n) is 4.50. The van der Waals surface area contributed by atoms with E-state index >= 15 is 0 Å². The van der Waals surface area contributed by atoms with Crippen molar-refractivity contribution in [3.05, 3.63) is 69.8 Å². The van der Waals surface area contributed by atoms with Crippen LogP contribution in [-0.2, 0) is 11.3 Å². The van der Waals surface area contributed by atoms with Gasteiger partial charge >= 0.3 is 0 Å². The Morgan fingerprint density at radius 3 is 2.60 bits per heavy atom. The fourth-order valence-corrected chi connectivity index (χ4v) is 1.87. The van der Waals surface area contributed by atoms with E-state index in [0.717, 1.165) is 5.56 Å². The summed E-state index contributed by atoms with van der Waals surface area (Å²) in [5.74, 6) is 0. The number of non-ortho nitro benzene ring substituents is 1. The number of nitrogen functional groups attached to an aromatic ring is 1. The molecular formula is C15H16N2O3. The molecule has 0 radical (unpaired) electrons. The first-order valence-electron chi connectivity index (χ1n) is 6.27. The molecule has 0 amide bonds. The zero-order valence-corrected chi connectivity index (χ0v) is 11.2. The summed E-state index contributed by atoms with van der Waals surface area (Å²) >= 11 is 0. The van der Waals surface area contributed by atoms with Gasteiger partial charge < -0.3 is 10.5 Å². The van der Waals surface area contributed by atoms with Crippen molar-refractivity contribution in [2.24, 2.45) is 0 Å². The topological polar surface area (TPSA) is 78.4 Å². The fourth-order valence-electron chi connectivity index (χ4n) is 1.87. The van der Waals surface area contributed by atoms with E-state index in [1.54, 1.807) is 0 Å². The van der Waals surface area contributed by atoms with E-state index < -0.39 is 4.92 Å². The molecule has 2 N–H and O–H groups in total. The summed E-state index contributed by atoms with van der Waals surface area (Å²) in [4.78, 5) is 10.3. The number of nitrogens with zero attached hydrogens (tertiary/aromatic N) is 1. The zero-order chi connectivity index (χ0) is 14.5. The molecule has 0 aliphatic rings. The molecule has 1 atom stereocenters. The van der Waals surface area contributed by atoms with Crippen molar-refractivity contribution in [3.63, 3.8) is 0 Å². The van der Waals surface area contributed by atoms with E-state index in [2.05, 4.69) is 0 Å². The van der Waals surface area contributed by atoms with Gasteiger partial charge in [-0.2, -0.15) is 0 Å². The SMILES string of the molecule is CC(OCc1cc([N+](=O)[O-])ccc1N)c1ccccc1. The maximum Gasteiger partial charge on any atom is 0.269 e. The molecule has 20 heavy (non-hydrogen) atoms. The van der Waals surface area contributed by atoms with Crippen molar-refractivity contribution in [1.29, 1.82) is 0 Å². The summed E-state index contributed by atoms with van der Waals surface area (Å²) in [6, 6.07) is 14.1. The highest BCUT2D eigenvalue weighted by atomic mass is 16.6. The van der Waals surface area contributed by atoms with Crippen LogP contribution in [-0.4, -0.2) is 4.92 Å². The summed E-state index contributed by atoms with van der Waals surface area (Å²) in [5.41, 5.74) is 8.01. The summed E-state index contributed by atoms with van der Waals surface area (Å²) < 4.78 is 5.73. The molecule has 0 bridgehead atoms. The van der Waals surface area contributed by atoms with Crippen LogP contribution in [0.3, 0.4) is 0 Å². The van der Waals surface area contributed by atoms with Crippen molar-refractivity contribution in [2.75, 3.05) is 5.73 Å². The highest BCUT2D eigenvalue weighted by Gasteiger charge is 2.11. The van der Waals surface area contributed by atoms with Gasteiger partial charge in [0.1, 0.15) is 0 Å². The zero-order valence-electron chi connectivity index (χ0n) is 11.2. The van der Waals surface area contributed by atoms with E-state index in [1.165, 1.54) is 18.2 Å². The van der Waals surface area contributed by atoms with E-state index in [4.69, 9.17) is 10.5 Å². The molecule has 0 saturated heterocycles. The predicted molar refractivity (Wildman–Crippen MR) is 77.2 cm³/mol. The molecule has 1 unspecified atom stereocenters. The van der Waals surface area contributed by atoms with Crippen LogP contribution in [0.4, 0.5) is 11.4 Å². The average molecular weight is 272 g/mol. The molecular weight excluding hydrogens is 256 g/mol. The number of rotatable bonds is 5. The monoisotopic (exact) mass is 272 g/mol. The van der Waals surface area contributed by atoms with Crippen molar-refractivity contribution < 1.29 is 9.66 Å². The highest BCUT2D eigenvalue weighted by Crippen LogP contribution is 2.23. The van der Waals surface area contributed by atoms with Crippen molar-refractivity contribution in [1.82, 2.24) is 0 Å². The van der Waals surface area contributed by atoms with Gasteiger partial charge in [-0.05, 0) is 18.6 Å². The fraction of sp³-hybridized carbons (Fsp3) is 0.200. The number of hydrogen-bond donors (Lipinski definition) is 1. The Labute approximate surface area is 117 Å². The van der Waals surface area contributed by atoms with Crippen LogP contribution >= 0.6 is 0 Å². The number of nitro benzene ring substituents is 1. The van der Waals surface area contributed by atoms with Crippen LogP contribution in [0.2, 0.25) is 0 Å². The van der Waals surface area contributed by atoms with Gasteiger partial charge in [0.25, 0.3) is 5.69 Å². The Morgan fingerprint density at radius 1 is 1.25 bits per heavy atom. The molecule has 2 aromatic rings. The van der Waals surface area contributed by atoms with Gasteiger partial charge in [-0.1, -0.05) is 30.3 Å². The third-order valence-electron chi connectivity index (χ3n) is 3.10. The Balaban J connectivity index is 2.07. The largest absolute Gasteiger partial charge is 0.398 e. The summed E-state index contributed by atoms with van der Waals surface area (Å²) in [7, 11) is 0. The second-order valence-corrected chi connectivity index (χ2v) is 4.50. The quantitative estimate of drug-likeness (QED) is 0.513. The number of nitrogens with two attached hydrogens (primary N) is 1. The standard InChI is InChI=1S/C15H16N2O3/c1-11(12-5-3-2-4-6-12)20-10-13-9-14(17(18)19)7-8-15(13)16/h2-9,11H,10,16H2,1H3. The van der Waals surface area contributed by atoms with Gasteiger partial charge in [0, 0.05) is 23.4 Å². The Hall–Kier alpha value is -2.40. The van der Waals surface area contributed by atoms with Crippen LogP contribution < -0.4 is 5.73 Å². The van der Waals surface area contributed by atoms with E-state index in [1.807, 2.05) is 37.3 Å². The molecule has 0 fully saturated rings. The minimum Gasteiger partial charge on any atom is -0.398 e. The van der Waals surface area contributed by atoms with E-state index in [0.29, 0.717) is 11.3 Å². The number of hydrogen-bond acceptors (Lipinski definition) is 4. The van der Waals surface area contributed by atoms with Crippen LogP contribution in [0, 0.1) is 10.1 Å². The second kappa shape index (κ2) is 6.16. The maximum atomic E-state index is 10.7. The first-order chi connectivity index (χ1) is 9.58. The molecule has 0 aliphatic carbocycles. The smallest absolute Gasteiger partial charge is 0.269 e. The Morgan fingerprint density at radius 2 is 1.95 bits per heavy atom. The molecule has 5 heteroatoms. The molecule has 0 spiro atoms. The van der Waals surface area contributed by atoms with Crippen molar-refractivity contribution >= 4 is 11.4 Å². The van der Waals surface area contributed by atoms with Crippen molar-refractivity contribution in [3.8, 4) is 0 Å². The van der Waals surface area contributed by atoms with Gasteiger partial charge in [-0.25, -0.2) is 0 Å².